The molecule has 0 fully saturated rings. The molecule has 0 bridgehead atoms. The SMILES string of the molecule is COc1cc(-c2nc3sc4c(OC)cccc4c3c(=O)n2CC(C)C)cc(OC)c1OC. The highest BCUT2D eigenvalue weighted by molar-refractivity contribution is 7.25. The predicted octanol–water partition coefficient (Wildman–Crippen LogP) is 4.97. The second-order valence-electron chi connectivity index (χ2n) is 7.78. The third-order valence-electron chi connectivity index (χ3n) is 5.27. The van der Waals surface area contributed by atoms with Gasteiger partial charge in [-0.1, -0.05) is 26.0 Å². The molecular formula is C24H26N2O5S. The van der Waals surface area contributed by atoms with Gasteiger partial charge in [0.05, 0.1) is 38.5 Å². The molecule has 0 spiro atoms. The van der Waals surface area contributed by atoms with Crippen LogP contribution in [-0.2, 0) is 6.54 Å². The molecule has 4 aromatic rings. The molecule has 2 aromatic carbocycles. The molecule has 0 aliphatic heterocycles. The van der Waals surface area contributed by atoms with Crippen molar-refractivity contribution >= 4 is 31.6 Å². The summed E-state index contributed by atoms with van der Waals surface area (Å²) < 4.78 is 24.7. The van der Waals surface area contributed by atoms with Crippen LogP contribution in [0.1, 0.15) is 13.8 Å². The van der Waals surface area contributed by atoms with Gasteiger partial charge in [-0.3, -0.25) is 9.36 Å². The van der Waals surface area contributed by atoms with Gasteiger partial charge in [-0.15, -0.1) is 11.3 Å². The first kappa shape index (κ1) is 22.0. The van der Waals surface area contributed by atoms with Gasteiger partial charge in [0.25, 0.3) is 5.56 Å². The molecule has 8 heteroatoms. The van der Waals surface area contributed by atoms with Gasteiger partial charge in [-0.2, -0.15) is 0 Å². The van der Waals surface area contributed by atoms with E-state index in [0.717, 1.165) is 15.8 Å². The van der Waals surface area contributed by atoms with Crippen LogP contribution in [0, 0.1) is 5.92 Å². The van der Waals surface area contributed by atoms with E-state index in [1.165, 1.54) is 11.3 Å². The molecule has 4 rings (SSSR count). The van der Waals surface area contributed by atoms with Crippen LogP contribution < -0.4 is 24.5 Å². The summed E-state index contributed by atoms with van der Waals surface area (Å²) in [5.74, 6) is 3.03. The summed E-state index contributed by atoms with van der Waals surface area (Å²) in [4.78, 5) is 19.4. The quantitative estimate of drug-likeness (QED) is 0.393. The van der Waals surface area contributed by atoms with Gasteiger partial charge in [-0.05, 0) is 24.1 Å². The molecule has 2 heterocycles. The third-order valence-corrected chi connectivity index (χ3v) is 6.39. The summed E-state index contributed by atoms with van der Waals surface area (Å²) in [6, 6.07) is 9.37. The van der Waals surface area contributed by atoms with Crippen LogP contribution in [0.4, 0.5) is 0 Å². The average Bonchev–Trinajstić information content (AvgIpc) is 3.18. The lowest BCUT2D eigenvalue weighted by Crippen LogP contribution is -2.25. The third kappa shape index (κ3) is 3.54. The fraction of sp³-hybridized carbons (Fsp3) is 0.333. The van der Waals surface area contributed by atoms with Crippen LogP contribution in [-0.4, -0.2) is 38.0 Å². The Morgan fingerprint density at radius 3 is 2.19 bits per heavy atom. The number of nitrogens with zero attached hydrogens (tertiary/aromatic N) is 2. The summed E-state index contributed by atoms with van der Waals surface area (Å²) in [7, 11) is 6.32. The largest absolute Gasteiger partial charge is 0.495 e. The van der Waals surface area contributed by atoms with Crippen LogP contribution >= 0.6 is 11.3 Å². The Labute approximate surface area is 190 Å². The van der Waals surface area contributed by atoms with Crippen molar-refractivity contribution in [2.75, 3.05) is 28.4 Å². The van der Waals surface area contributed by atoms with E-state index in [1.807, 2.05) is 30.3 Å². The first-order chi connectivity index (χ1) is 15.4. The molecule has 7 nitrogen and oxygen atoms in total. The molecule has 0 unspecified atom stereocenters. The van der Waals surface area contributed by atoms with Gasteiger partial charge < -0.3 is 18.9 Å². The number of hydrogen-bond donors (Lipinski definition) is 0. The van der Waals surface area contributed by atoms with E-state index in [1.54, 1.807) is 33.0 Å². The Hall–Kier alpha value is -3.26. The molecule has 168 valence electrons. The highest BCUT2D eigenvalue weighted by atomic mass is 32.1. The van der Waals surface area contributed by atoms with E-state index >= 15 is 0 Å². The standard InChI is InChI=1S/C24H26N2O5S/c1-13(2)12-26-22(14-10-17(29-4)20(31-6)18(11-14)30-5)25-23-19(24(26)27)15-8-7-9-16(28-3)21(15)32-23/h7-11,13H,12H2,1-6H3. The van der Waals surface area contributed by atoms with Crippen molar-refractivity contribution in [3.05, 3.63) is 40.7 Å². The molecule has 0 aliphatic carbocycles. The van der Waals surface area contributed by atoms with Gasteiger partial charge in [0.15, 0.2) is 11.5 Å². The highest BCUT2D eigenvalue weighted by Gasteiger charge is 2.22. The molecule has 0 amide bonds. The lowest BCUT2D eigenvalue weighted by atomic mass is 10.1. The van der Waals surface area contributed by atoms with Gasteiger partial charge in [-0.25, -0.2) is 4.98 Å². The molecule has 0 N–H and O–H groups in total. The van der Waals surface area contributed by atoms with E-state index in [0.29, 0.717) is 45.4 Å². The van der Waals surface area contributed by atoms with Crippen LogP contribution in [0.2, 0.25) is 0 Å². The van der Waals surface area contributed by atoms with Crippen molar-refractivity contribution in [2.24, 2.45) is 5.92 Å². The molecule has 0 radical (unpaired) electrons. The fourth-order valence-electron chi connectivity index (χ4n) is 3.88. The van der Waals surface area contributed by atoms with Crippen LogP contribution in [0.15, 0.2) is 35.1 Å². The van der Waals surface area contributed by atoms with Crippen molar-refractivity contribution in [1.82, 2.24) is 9.55 Å². The minimum atomic E-state index is -0.0769. The van der Waals surface area contributed by atoms with E-state index in [-0.39, 0.29) is 11.5 Å². The summed E-state index contributed by atoms with van der Waals surface area (Å²) in [5.41, 5.74) is 0.635. The maximum absolute atomic E-state index is 13.8. The summed E-state index contributed by atoms with van der Waals surface area (Å²) in [5, 5.41) is 1.47. The molecule has 0 saturated heterocycles. The second-order valence-corrected chi connectivity index (χ2v) is 8.78. The first-order valence-corrected chi connectivity index (χ1v) is 11.1. The predicted molar refractivity (Wildman–Crippen MR) is 128 cm³/mol. The summed E-state index contributed by atoms with van der Waals surface area (Å²) in [6.45, 7) is 4.67. The van der Waals surface area contributed by atoms with E-state index in [9.17, 15) is 4.79 Å². The van der Waals surface area contributed by atoms with Gasteiger partial charge >= 0.3 is 0 Å². The molecule has 0 atom stereocenters. The summed E-state index contributed by atoms with van der Waals surface area (Å²) in [6.07, 6.45) is 0. The van der Waals surface area contributed by atoms with Crippen molar-refractivity contribution in [3.8, 4) is 34.4 Å². The molecule has 2 aromatic heterocycles. The van der Waals surface area contributed by atoms with Crippen molar-refractivity contribution in [3.63, 3.8) is 0 Å². The number of rotatable bonds is 7. The van der Waals surface area contributed by atoms with Gasteiger partial charge in [0.1, 0.15) is 16.4 Å². The van der Waals surface area contributed by atoms with E-state index in [2.05, 4.69) is 13.8 Å². The average molecular weight is 455 g/mol. The Morgan fingerprint density at radius 2 is 1.62 bits per heavy atom. The minimum Gasteiger partial charge on any atom is -0.495 e. The van der Waals surface area contributed by atoms with Crippen molar-refractivity contribution in [1.29, 1.82) is 0 Å². The zero-order valence-electron chi connectivity index (χ0n) is 19.0. The maximum Gasteiger partial charge on any atom is 0.263 e. The number of ether oxygens (including phenoxy) is 4. The highest BCUT2D eigenvalue weighted by Crippen LogP contribution is 2.42. The zero-order chi connectivity index (χ0) is 23.0. The van der Waals surface area contributed by atoms with Gasteiger partial charge in [0.2, 0.25) is 5.75 Å². The normalized spacial score (nSPS) is 11.3. The van der Waals surface area contributed by atoms with Crippen LogP contribution in [0.5, 0.6) is 23.0 Å². The van der Waals surface area contributed by atoms with Crippen molar-refractivity contribution in [2.45, 2.75) is 20.4 Å². The monoisotopic (exact) mass is 454 g/mol. The molecule has 0 aliphatic rings. The Bertz CT molecular complexity index is 1330. The topological polar surface area (TPSA) is 71.8 Å². The maximum atomic E-state index is 13.8. The summed E-state index contributed by atoms with van der Waals surface area (Å²) >= 11 is 1.45. The number of hydrogen-bond acceptors (Lipinski definition) is 7. The Balaban J connectivity index is 2.09. The lowest BCUT2D eigenvalue weighted by Gasteiger charge is -2.17. The number of benzene rings is 2. The molecule has 0 saturated carbocycles. The smallest absolute Gasteiger partial charge is 0.263 e. The van der Waals surface area contributed by atoms with Crippen LogP contribution in [0.3, 0.4) is 0 Å². The fourth-order valence-corrected chi connectivity index (χ4v) is 5.04. The van der Waals surface area contributed by atoms with E-state index < -0.39 is 0 Å². The van der Waals surface area contributed by atoms with Crippen LogP contribution in [0.25, 0.3) is 31.7 Å². The Morgan fingerprint density at radius 1 is 0.969 bits per heavy atom. The van der Waals surface area contributed by atoms with Gasteiger partial charge in [0, 0.05) is 17.5 Å². The second kappa shape index (κ2) is 8.70. The lowest BCUT2D eigenvalue weighted by molar-refractivity contribution is 0.324. The number of thiophene rings is 1. The zero-order valence-corrected chi connectivity index (χ0v) is 19.8. The molecule has 32 heavy (non-hydrogen) atoms. The Kier molecular flexibility index (Phi) is 5.97. The number of methoxy groups -OCH3 is 4. The molecular weight excluding hydrogens is 428 g/mol. The minimum absolute atomic E-state index is 0.0769. The number of aromatic nitrogens is 2. The first-order valence-electron chi connectivity index (χ1n) is 10.2. The number of fused-ring (bicyclic) bond motifs is 3. The van der Waals surface area contributed by atoms with E-state index in [4.69, 9.17) is 23.9 Å². The van der Waals surface area contributed by atoms with Crippen molar-refractivity contribution < 1.29 is 18.9 Å².